The van der Waals surface area contributed by atoms with Crippen LogP contribution in [-0.4, -0.2) is 16.9 Å². The lowest BCUT2D eigenvalue weighted by molar-refractivity contribution is 0.418. The molecule has 0 saturated heterocycles. The summed E-state index contributed by atoms with van der Waals surface area (Å²) >= 11 is 0. The van der Waals surface area contributed by atoms with Gasteiger partial charge in [0.1, 0.15) is 5.69 Å². The van der Waals surface area contributed by atoms with Gasteiger partial charge in [-0.05, 0) is 12.1 Å². The van der Waals surface area contributed by atoms with Crippen molar-refractivity contribution in [2.24, 2.45) is 7.05 Å². The van der Waals surface area contributed by atoms with Gasteiger partial charge in [0.15, 0.2) is 11.6 Å². The highest BCUT2D eigenvalue weighted by atomic mass is 16.5. The Bertz CT molecular complexity index is 578. The van der Waals surface area contributed by atoms with Crippen molar-refractivity contribution >= 4 is 5.82 Å². The van der Waals surface area contributed by atoms with Crippen LogP contribution in [0.4, 0.5) is 5.82 Å². The van der Waals surface area contributed by atoms with E-state index in [1.165, 1.54) is 0 Å². The zero-order valence-corrected chi connectivity index (χ0v) is 9.64. The molecule has 0 radical (unpaired) electrons. The summed E-state index contributed by atoms with van der Waals surface area (Å²) in [6.45, 7) is 0. The molecule has 2 rings (SSSR count). The summed E-state index contributed by atoms with van der Waals surface area (Å²) < 4.78 is 6.90. The Balaban J connectivity index is 2.56. The Morgan fingerprint density at radius 1 is 1.35 bits per heavy atom. The van der Waals surface area contributed by atoms with E-state index >= 15 is 0 Å². The van der Waals surface area contributed by atoms with Crippen molar-refractivity contribution in [1.29, 1.82) is 5.26 Å². The van der Waals surface area contributed by atoms with Gasteiger partial charge in [0.25, 0.3) is 0 Å². The number of nitrogens with zero attached hydrogens (tertiary/aromatic N) is 3. The summed E-state index contributed by atoms with van der Waals surface area (Å²) in [5, 5.41) is 12.9. The van der Waals surface area contributed by atoms with Crippen molar-refractivity contribution in [2.75, 3.05) is 12.8 Å². The summed E-state index contributed by atoms with van der Waals surface area (Å²) in [4.78, 5) is 0. The molecule has 86 valence electrons. The van der Waals surface area contributed by atoms with E-state index < -0.39 is 0 Å². The van der Waals surface area contributed by atoms with Gasteiger partial charge >= 0.3 is 0 Å². The lowest BCUT2D eigenvalue weighted by Crippen LogP contribution is -1.95. The van der Waals surface area contributed by atoms with Gasteiger partial charge in [-0.1, -0.05) is 12.1 Å². The van der Waals surface area contributed by atoms with E-state index in [4.69, 9.17) is 15.7 Å². The van der Waals surface area contributed by atoms with Crippen LogP contribution in [-0.2, 0) is 7.05 Å². The van der Waals surface area contributed by atoms with Crippen molar-refractivity contribution in [3.63, 3.8) is 0 Å². The van der Waals surface area contributed by atoms with Crippen LogP contribution in [0.2, 0.25) is 0 Å². The molecular weight excluding hydrogens is 216 g/mol. The second-order valence-corrected chi connectivity index (χ2v) is 3.58. The van der Waals surface area contributed by atoms with E-state index in [9.17, 15) is 0 Å². The van der Waals surface area contributed by atoms with E-state index in [1.54, 1.807) is 31.0 Å². The quantitative estimate of drug-likeness (QED) is 0.846. The average molecular weight is 228 g/mol. The fraction of sp³-hybridized carbons (Fsp3) is 0.167. The molecule has 0 aliphatic carbocycles. The molecule has 1 aromatic carbocycles. The Labute approximate surface area is 99.0 Å². The van der Waals surface area contributed by atoms with Crippen LogP contribution in [0.5, 0.6) is 5.75 Å². The molecule has 0 amide bonds. The first-order valence-corrected chi connectivity index (χ1v) is 5.04. The number of nitrogens with two attached hydrogens (primary N) is 1. The van der Waals surface area contributed by atoms with Crippen molar-refractivity contribution in [2.45, 2.75) is 0 Å². The molecule has 0 aliphatic rings. The average Bonchev–Trinajstić information content (AvgIpc) is 2.63. The molecule has 5 heteroatoms. The number of nitriles is 1. The van der Waals surface area contributed by atoms with Gasteiger partial charge in [-0.3, -0.25) is 4.68 Å². The number of aromatic nitrogens is 2. The Morgan fingerprint density at radius 2 is 2.00 bits per heavy atom. The highest BCUT2D eigenvalue weighted by Gasteiger charge is 2.16. The topological polar surface area (TPSA) is 76.9 Å². The minimum Gasteiger partial charge on any atom is -0.491 e. The first-order valence-electron chi connectivity index (χ1n) is 5.04. The van der Waals surface area contributed by atoms with E-state index in [0.29, 0.717) is 17.1 Å². The first-order chi connectivity index (χ1) is 8.17. The SMILES string of the molecule is COc1c(N)nn(C)c1-c1ccc(C#N)cc1. The summed E-state index contributed by atoms with van der Waals surface area (Å²) in [7, 11) is 3.35. The smallest absolute Gasteiger partial charge is 0.188 e. The summed E-state index contributed by atoms with van der Waals surface area (Å²) in [5.74, 6) is 0.909. The number of nitrogen functional groups attached to an aromatic ring is 1. The predicted octanol–water partition coefficient (Wildman–Crippen LogP) is 1.55. The lowest BCUT2D eigenvalue weighted by Gasteiger charge is -2.05. The van der Waals surface area contributed by atoms with Crippen LogP contribution in [0.3, 0.4) is 0 Å². The lowest BCUT2D eigenvalue weighted by atomic mass is 10.1. The minimum absolute atomic E-state index is 0.356. The molecule has 5 nitrogen and oxygen atoms in total. The zero-order chi connectivity index (χ0) is 12.4. The summed E-state index contributed by atoms with van der Waals surface area (Å²) in [6, 6.07) is 9.26. The molecule has 2 N–H and O–H groups in total. The molecule has 2 aromatic rings. The largest absolute Gasteiger partial charge is 0.491 e. The second kappa shape index (κ2) is 4.18. The number of aryl methyl sites for hydroxylation is 1. The third kappa shape index (κ3) is 1.81. The van der Waals surface area contributed by atoms with Crippen molar-refractivity contribution < 1.29 is 4.74 Å². The molecule has 17 heavy (non-hydrogen) atoms. The Hall–Kier alpha value is -2.48. The van der Waals surface area contributed by atoms with E-state index in [1.807, 2.05) is 12.1 Å². The highest BCUT2D eigenvalue weighted by Crippen LogP contribution is 2.34. The number of anilines is 1. The van der Waals surface area contributed by atoms with Crippen LogP contribution in [0.1, 0.15) is 5.56 Å². The fourth-order valence-corrected chi connectivity index (χ4v) is 1.75. The van der Waals surface area contributed by atoms with Gasteiger partial charge in [0, 0.05) is 12.6 Å². The maximum absolute atomic E-state index is 8.75. The van der Waals surface area contributed by atoms with Crippen LogP contribution in [0.25, 0.3) is 11.3 Å². The van der Waals surface area contributed by atoms with Gasteiger partial charge in [0.05, 0.1) is 18.7 Å². The molecule has 0 atom stereocenters. The number of benzene rings is 1. The zero-order valence-electron chi connectivity index (χ0n) is 9.64. The van der Waals surface area contributed by atoms with Crippen LogP contribution in [0.15, 0.2) is 24.3 Å². The van der Waals surface area contributed by atoms with Gasteiger partial charge in [-0.2, -0.15) is 10.4 Å². The van der Waals surface area contributed by atoms with Gasteiger partial charge in [-0.25, -0.2) is 0 Å². The summed E-state index contributed by atoms with van der Waals surface area (Å²) in [5.41, 5.74) is 8.06. The number of rotatable bonds is 2. The fourth-order valence-electron chi connectivity index (χ4n) is 1.75. The number of hydrogen-bond donors (Lipinski definition) is 1. The molecular formula is C12H12N4O. The van der Waals surface area contributed by atoms with Crippen molar-refractivity contribution in [1.82, 2.24) is 9.78 Å². The van der Waals surface area contributed by atoms with E-state index in [-0.39, 0.29) is 0 Å². The monoisotopic (exact) mass is 228 g/mol. The van der Waals surface area contributed by atoms with Crippen LogP contribution >= 0.6 is 0 Å². The normalized spacial score (nSPS) is 9.94. The number of ether oxygens (including phenoxy) is 1. The molecule has 0 fully saturated rings. The molecule has 1 heterocycles. The van der Waals surface area contributed by atoms with Gasteiger partial charge < -0.3 is 10.5 Å². The first kappa shape index (κ1) is 11.0. The minimum atomic E-state index is 0.356. The molecule has 0 bridgehead atoms. The van der Waals surface area contributed by atoms with Gasteiger partial charge in [-0.15, -0.1) is 0 Å². The Morgan fingerprint density at radius 3 is 2.53 bits per heavy atom. The third-order valence-electron chi connectivity index (χ3n) is 2.52. The molecule has 0 saturated carbocycles. The molecule has 1 aromatic heterocycles. The predicted molar refractivity (Wildman–Crippen MR) is 64.3 cm³/mol. The Kier molecular flexibility index (Phi) is 2.71. The maximum atomic E-state index is 8.75. The highest BCUT2D eigenvalue weighted by molar-refractivity contribution is 5.73. The molecule has 0 aliphatic heterocycles. The van der Waals surface area contributed by atoms with Crippen LogP contribution < -0.4 is 10.5 Å². The molecule has 0 unspecified atom stereocenters. The maximum Gasteiger partial charge on any atom is 0.188 e. The summed E-state index contributed by atoms with van der Waals surface area (Å²) in [6.07, 6.45) is 0. The molecule has 0 spiro atoms. The number of methoxy groups -OCH3 is 1. The number of hydrogen-bond acceptors (Lipinski definition) is 4. The third-order valence-corrected chi connectivity index (χ3v) is 2.52. The van der Waals surface area contributed by atoms with Crippen molar-refractivity contribution in [3.8, 4) is 23.1 Å². The van der Waals surface area contributed by atoms with Gasteiger partial charge in [0.2, 0.25) is 0 Å². The van der Waals surface area contributed by atoms with E-state index in [0.717, 1.165) is 11.3 Å². The van der Waals surface area contributed by atoms with Crippen LogP contribution in [0, 0.1) is 11.3 Å². The van der Waals surface area contributed by atoms with E-state index in [2.05, 4.69) is 11.2 Å². The standard InChI is InChI=1S/C12H12N4O/c1-16-10(11(17-2)12(14)15-16)9-5-3-8(7-13)4-6-9/h3-6H,1-2H3,(H2,14,15). The van der Waals surface area contributed by atoms with Crippen molar-refractivity contribution in [3.05, 3.63) is 29.8 Å². The second-order valence-electron chi connectivity index (χ2n) is 3.58.